The largest absolute Gasteiger partial charge is 0.491 e. The zero-order valence-electron chi connectivity index (χ0n) is 14.9. The molecule has 28 heavy (non-hydrogen) atoms. The van der Waals surface area contributed by atoms with Crippen LogP contribution in [-0.2, 0) is 15.1 Å². The Bertz CT molecular complexity index is 787. The van der Waals surface area contributed by atoms with Gasteiger partial charge in [0.05, 0.1) is 5.54 Å². The molecule has 0 fully saturated rings. The van der Waals surface area contributed by atoms with Crippen molar-refractivity contribution in [3.05, 3.63) is 34.3 Å². The third-order valence-electron chi connectivity index (χ3n) is 4.50. The van der Waals surface area contributed by atoms with Crippen LogP contribution in [0.4, 0.5) is 18.0 Å². The number of carbonyl (C=O) groups excluding carboxylic acids is 3. The molecule has 0 bridgehead atoms. The molecule has 154 valence electrons. The van der Waals surface area contributed by atoms with Crippen molar-refractivity contribution < 1.29 is 32.3 Å². The molecule has 2 amide bonds. The Kier molecular flexibility index (Phi) is 6.56. The smallest absolute Gasteiger partial charge is 0.369 e. The van der Waals surface area contributed by atoms with Gasteiger partial charge in [-0.15, -0.1) is 0 Å². The van der Waals surface area contributed by atoms with Gasteiger partial charge in [0.25, 0.3) is 5.91 Å². The Morgan fingerprint density at radius 3 is 2.61 bits per heavy atom. The molecule has 0 radical (unpaired) electrons. The number of nitrogens with two attached hydrogens (primary N) is 1. The van der Waals surface area contributed by atoms with Gasteiger partial charge in [-0.3, -0.25) is 4.79 Å². The van der Waals surface area contributed by atoms with Gasteiger partial charge < -0.3 is 20.7 Å². The SMILES string of the molecule is CN(CCC1(CCCN)NC(=O)c2ccc(Cl)cc21)C(=O)OC(=O)C(F)(F)F. The summed E-state index contributed by atoms with van der Waals surface area (Å²) in [7, 11) is 1.19. The monoisotopic (exact) mass is 421 g/mol. The summed E-state index contributed by atoms with van der Waals surface area (Å²) >= 11 is 6.05. The predicted octanol–water partition coefficient (Wildman–Crippen LogP) is 2.57. The van der Waals surface area contributed by atoms with Crippen LogP contribution < -0.4 is 11.1 Å². The van der Waals surface area contributed by atoms with E-state index in [0.717, 1.165) is 4.90 Å². The normalized spacial score (nSPS) is 18.4. The molecule has 0 aliphatic carbocycles. The highest BCUT2D eigenvalue weighted by molar-refractivity contribution is 6.30. The van der Waals surface area contributed by atoms with E-state index in [0.29, 0.717) is 35.5 Å². The molecule has 1 aliphatic rings. The van der Waals surface area contributed by atoms with Crippen molar-refractivity contribution in [3.8, 4) is 0 Å². The van der Waals surface area contributed by atoms with E-state index in [1.165, 1.54) is 7.05 Å². The Hall–Kier alpha value is -2.33. The van der Waals surface area contributed by atoms with Gasteiger partial charge in [-0.2, -0.15) is 13.2 Å². The zero-order chi connectivity index (χ0) is 21.1. The number of amides is 2. The van der Waals surface area contributed by atoms with E-state index in [1.54, 1.807) is 18.2 Å². The molecule has 0 aromatic heterocycles. The van der Waals surface area contributed by atoms with Crippen molar-refractivity contribution in [1.82, 2.24) is 10.2 Å². The molecule has 1 unspecified atom stereocenters. The van der Waals surface area contributed by atoms with Gasteiger partial charge in [0.1, 0.15) is 0 Å². The van der Waals surface area contributed by atoms with Gasteiger partial charge in [0, 0.05) is 24.2 Å². The van der Waals surface area contributed by atoms with Gasteiger partial charge in [-0.05, 0) is 49.6 Å². The number of alkyl halides is 3. The molecule has 1 atom stereocenters. The summed E-state index contributed by atoms with van der Waals surface area (Å²) in [4.78, 5) is 35.7. The fraction of sp³-hybridized carbons (Fsp3) is 0.471. The van der Waals surface area contributed by atoms with E-state index in [1.807, 2.05) is 0 Å². The van der Waals surface area contributed by atoms with Gasteiger partial charge >= 0.3 is 18.2 Å². The summed E-state index contributed by atoms with van der Waals surface area (Å²) < 4.78 is 40.5. The summed E-state index contributed by atoms with van der Waals surface area (Å²) in [6, 6.07) is 4.79. The standard InChI is InChI=1S/C17H19ClF3N3O4/c1-24(15(27)28-14(26)17(19,20)21)8-6-16(5-2-7-22)12-9-10(18)3-4-11(12)13(25)23-16/h3-4,9H,2,5-8,22H2,1H3,(H,23,25). The third kappa shape index (κ3) is 4.74. The van der Waals surface area contributed by atoms with Crippen molar-refractivity contribution >= 4 is 29.6 Å². The first kappa shape index (κ1) is 22.0. The summed E-state index contributed by atoms with van der Waals surface area (Å²) in [5, 5.41) is 3.29. The van der Waals surface area contributed by atoms with Crippen LogP contribution in [0.1, 0.15) is 35.2 Å². The van der Waals surface area contributed by atoms with Gasteiger partial charge in [0.2, 0.25) is 0 Å². The van der Waals surface area contributed by atoms with E-state index < -0.39 is 23.8 Å². The van der Waals surface area contributed by atoms with Crippen LogP contribution in [0.5, 0.6) is 0 Å². The second-order valence-corrected chi connectivity index (χ2v) is 6.88. The molecule has 0 saturated heterocycles. The second-order valence-electron chi connectivity index (χ2n) is 6.44. The minimum atomic E-state index is -5.27. The van der Waals surface area contributed by atoms with Crippen LogP contribution >= 0.6 is 11.6 Å². The molecular weight excluding hydrogens is 403 g/mol. The Balaban J connectivity index is 2.16. The van der Waals surface area contributed by atoms with E-state index in [9.17, 15) is 27.6 Å². The fourth-order valence-electron chi connectivity index (χ4n) is 3.05. The number of rotatable bonds is 6. The number of esters is 1. The fourth-order valence-corrected chi connectivity index (χ4v) is 3.22. The summed E-state index contributed by atoms with van der Waals surface area (Å²) in [5.41, 5.74) is 5.75. The van der Waals surface area contributed by atoms with Gasteiger partial charge in [-0.1, -0.05) is 11.6 Å². The average Bonchev–Trinajstić information content (AvgIpc) is 2.88. The summed E-state index contributed by atoms with van der Waals surface area (Å²) in [6.07, 6.45) is -5.56. The number of hydrogen-bond donors (Lipinski definition) is 2. The molecule has 11 heteroatoms. The molecule has 7 nitrogen and oxygen atoms in total. The lowest BCUT2D eigenvalue weighted by molar-refractivity contribution is -0.193. The number of ether oxygens (including phenoxy) is 1. The van der Waals surface area contributed by atoms with Crippen LogP contribution in [0, 0.1) is 0 Å². The predicted molar refractivity (Wildman–Crippen MR) is 93.7 cm³/mol. The van der Waals surface area contributed by atoms with Crippen molar-refractivity contribution in [3.63, 3.8) is 0 Å². The lowest BCUT2D eigenvalue weighted by Crippen LogP contribution is -2.44. The van der Waals surface area contributed by atoms with Crippen molar-refractivity contribution in [2.24, 2.45) is 5.73 Å². The Morgan fingerprint density at radius 2 is 2.00 bits per heavy atom. The van der Waals surface area contributed by atoms with Crippen LogP contribution in [0.2, 0.25) is 5.02 Å². The Morgan fingerprint density at radius 1 is 1.32 bits per heavy atom. The molecule has 0 spiro atoms. The number of nitrogens with zero attached hydrogens (tertiary/aromatic N) is 1. The van der Waals surface area contributed by atoms with Gasteiger partial charge in [0.15, 0.2) is 0 Å². The number of nitrogens with one attached hydrogen (secondary N) is 1. The maximum Gasteiger partial charge on any atom is 0.491 e. The first-order valence-electron chi connectivity index (χ1n) is 8.37. The molecule has 1 aromatic rings. The van der Waals surface area contributed by atoms with E-state index in [-0.39, 0.29) is 18.9 Å². The van der Waals surface area contributed by atoms with Crippen molar-refractivity contribution in [1.29, 1.82) is 0 Å². The molecule has 2 rings (SSSR count). The molecular formula is C17H19ClF3N3O4. The topological polar surface area (TPSA) is 102 Å². The average molecular weight is 422 g/mol. The van der Waals surface area contributed by atoms with Crippen molar-refractivity contribution in [2.45, 2.75) is 31.0 Å². The van der Waals surface area contributed by atoms with Crippen LogP contribution in [0.15, 0.2) is 18.2 Å². The number of halogens is 4. The van der Waals surface area contributed by atoms with Crippen molar-refractivity contribution in [2.75, 3.05) is 20.1 Å². The van der Waals surface area contributed by atoms with Crippen LogP contribution in [0.3, 0.4) is 0 Å². The highest BCUT2D eigenvalue weighted by Crippen LogP contribution is 2.39. The first-order chi connectivity index (χ1) is 13.0. The van der Waals surface area contributed by atoms with E-state index >= 15 is 0 Å². The quantitative estimate of drug-likeness (QED) is 0.543. The molecule has 3 N–H and O–H groups in total. The zero-order valence-corrected chi connectivity index (χ0v) is 15.7. The lowest BCUT2D eigenvalue weighted by atomic mass is 9.83. The highest BCUT2D eigenvalue weighted by atomic mass is 35.5. The van der Waals surface area contributed by atoms with Crippen LogP contribution in [0.25, 0.3) is 0 Å². The second kappa shape index (κ2) is 8.36. The lowest BCUT2D eigenvalue weighted by Gasteiger charge is -2.32. The summed E-state index contributed by atoms with van der Waals surface area (Å²) in [5.74, 6) is -2.91. The number of hydrogen-bond acceptors (Lipinski definition) is 5. The summed E-state index contributed by atoms with van der Waals surface area (Å²) in [6.45, 7) is 0.270. The number of fused-ring (bicyclic) bond motifs is 1. The molecule has 0 saturated carbocycles. The van der Waals surface area contributed by atoms with E-state index in [4.69, 9.17) is 17.3 Å². The minimum absolute atomic E-state index is 0.0826. The molecule has 1 aromatic carbocycles. The number of carbonyl (C=O) groups is 3. The molecule has 1 aliphatic heterocycles. The molecule has 1 heterocycles. The number of benzene rings is 1. The van der Waals surface area contributed by atoms with E-state index in [2.05, 4.69) is 10.1 Å². The van der Waals surface area contributed by atoms with Gasteiger partial charge in [-0.25, -0.2) is 9.59 Å². The third-order valence-corrected chi connectivity index (χ3v) is 4.73. The highest BCUT2D eigenvalue weighted by Gasteiger charge is 2.44. The maximum absolute atomic E-state index is 12.3. The Labute approximate surface area is 163 Å². The van der Waals surface area contributed by atoms with Crippen LogP contribution in [-0.4, -0.2) is 49.2 Å². The maximum atomic E-state index is 12.3. The first-order valence-corrected chi connectivity index (χ1v) is 8.74. The minimum Gasteiger partial charge on any atom is -0.369 e.